The second kappa shape index (κ2) is 6.47. The van der Waals surface area contributed by atoms with Crippen LogP contribution in [0.5, 0.6) is 11.5 Å². The predicted molar refractivity (Wildman–Crippen MR) is 82.1 cm³/mol. The van der Waals surface area contributed by atoms with E-state index in [0.717, 1.165) is 18.4 Å². The van der Waals surface area contributed by atoms with E-state index in [1.807, 2.05) is 24.3 Å². The highest BCUT2D eigenvalue weighted by Gasteiger charge is 2.22. The van der Waals surface area contributed by atoms with Crippen molar-refractivity contribution in [2.75, 3.05) is 0 Å². The molecule has 0 aliphatic rings. The van der Waals surface area contributed by atoms with E-state index >= 15 is 0 Å². The van der Waals surface area contributed by atoms with Gasteiger partial charge in [-0.25, -0.2) is 0 Å². The molecule has 0 radical (unpaired) electrons. The molecule has 2 heteroatoms. The monoisotopic (exact) mass is 270 g/mol. The zero-order chi connectivity index (χ0) is 14.5. The molecule has 2 N–H and O–H groups in total. The fourth-order valence-corrected chi connectivity index (χ4v) is 2.90. The lowest BCUT2D eigenvalue weighted by molar-refractivity contribution is 0.432. The van der Waals surface area contributed by atoms with E-state index in [0.29, 0.717) is 11.7 Å². The first-order chi connectivity index (χ1) is 9.65. The van der Waals surface area contributed by atoms with Crippen LogP contribution in [0.3, 0.4) is 0 Å². The van der Waals surface area contributed by atoms with Gasteiger partial charge in [-0.1, -0.05) is 51.0 Å². The molecule has 0 aliphatic carbocycles. The third-order valence-electron chi connectivity index (χ3n) is 4.00. The molecule has 2 aromatic rings. The molecule has 2 aromatic carbocycles. The van der Waals surface area contributed by atoms with E-state index in [-0.39, 0.29) is 11.7 Å². The average molecular weight is 270 g/mol. The lowest BCUT2D eigenvalue weighted by atomic mass is 9.78. The number of aromatic hydroxyl groups is 2. The first-order valence-electron chi connectivity index (χ1n) is 7.23. The van der Waals surface area contributed by atoms with Gasteiger partial charge in [-0.3, -0.25) is 0 Å². The SMILES string of the molecule is CCC(CC)C(c1ccc(O)cc1)c1cccc(O)c1. The van der Waals surface area contributed by atoms with E-state index in [9.17, 15) is 10.2 Å². The maximum absolute atomic E-state index is 9.74. The van der Waals surface area contributed by atoms with Crippen molar-refractivity contribution in [2.24, 2.45) is 5.92 Å². The Balaban J connectivity index is 2.46. The molecule has 1 atom stereocenters. The van der Waals surface area contributed by atoms with Crippen LogP contribution in [0.4, 0.5) is 0 Å². The van der Waals surface area contributed by atoms with Crippen LogP contribution in [-0.4, -0.2) is 10.2 Å². The number of phenolic OH excluding ortho intramolecular Hbond substituents is 2. The largest absolute Gasteiger partial charge is 0.508 e. The fraction of sp³-hybridized carbons (Fsp3) is 0.333. The standard InChI is InChI=1S/C18H22O2/c1-3-13(4-2)18(14-8-10-16(19)11-9-14)15-6-5-7-17(20)12-15/h5-13,18-20H,3-4H2,1-2H3. The number of rotatable bonds is 5. The Morgan fingerprint density at radius 1 is 0.800 bits per heavy atom. The van der Waals surface area contributed by atoms with Gasteiger partial charge in [0.1, 0.15) is 11.5 Å². The van der Waals surface area contributed by atoms with Crippen molar-refractivity contribution in [3.63, 3.8) is 0 Å². The predicted octanol–water partition coefficient (Wildman–Crippen LogP) is 4.67. The summed E-state index contributed by atoms with van der Waals surface area (Å²) in [6.07, 6.45) is 2.16. The Kier molecular flexibility index (Phi) is 4.67. The molecular weight excluding hydrogens is 248 g/mol. The van der Waals surface area contributed by atoms with Crippen LogP contribution >= 0.6 is 0 Å². The van der Waals surface area contributed by atoms with Gasteiger partial charge in [-0.15, -0.1) is 0 Å². The van der Waals surface area contributed by atoms with Crippen molar-refractivity contribution < 1.29 is 10.2 Å². The van der Waals surface area contributed by atoms with Gasteiger partial charge in [-0.2, -0.15) is 0 Å². The smallest absolute Gasteiger partial charge is 0.115 e. The lowest BCUT2D eigenvalue weighted by Gasteiger charge is -2.26. The summed E-state index contributed by atoms with van der Waals surface area (Å²) in [5, 5.41) is 19.2. The molecule has 1 unspecified atom stereocenters. The number of hydrogen-bond acceptors (Lipinski definition) is 2. The zero-order valence-electron chi connectivity index (χ0n) is 12.1. The summed E-state index contributed by atoms with van der Waals surface area (Å²) in [7, 11) is 0. The Labute approximate surface area is 120 Å². The summed E-state index contributed by atoms with van der Waals surface area (Å²) in [4.78, 5) is 0. The lowest BCUT2D eigenvalue weighted by Crippen LogP contribution is -2.13. The molecular formula is C18H22O2. The van der Waals surface area contributed by atoms with Crippen LogP contribution in [0.2, 0.25) is 0 Å². The van der Waals surface area contributed by atoms with E-state index in [2.05, 4.69) is 19.9 Å². The molecule has 0 bridgehead atoms. The molecule has 2 rings (SSSR count). The van der Waals surface area contributed by atoms with Crippen molar-refractivity contribution in [1.82, 2.24) is 0 Å². The Hall–Kier alpha value is -1.96. The Bertz CT molecular complexity index is 542. The highest BCUT2D eigenvalue weighted by atomic mass is 16.3. The van der Waals surface area contributed by atoms with Crippen LogP contribution in [0, 0.1) is 5.92 Å². The first-order valence-corrected chi connectivity index (χ1v) is 7.23. The quantitative estimate of drug-likeness (QED) is 0.829. The van der Waals surface area contributed by atoms with Gasteiger partial charge in [0.05, 0.1) is 0 Å². The summed E-state index contributed by atoms with van der Waals surface area (Å²) in [5.74, 6) is 1.35. The molecule has 0 saturated carbocycles. The third kappa shape index (κ3) is 3.13. The van der Waals surface area contributed by atoms with Crippen LogP contribution in [0.15, 0.2) is 48.5 Å². The third-order valence-corrected chi connectivity index (χ3v) is 4.00. The average Bonchev–Trinajstić information content (AvgIpc) is 2.46. The highest BCUT2D eigenvalue weighted by molar-refractivity contribution is 5.39. The van der Waals surface area contributed by atoms with Crippen LogP contribution in [0.1, 0.15) is 43.7 Å². The maximum Gasteiger partial charge on any atom is 0.115 e. The normalized spacial score (nSPS) is 12.6. The van der Waals surface area contributed by atoms with Gasteiger partial charge in [0.25, 0.3) is 0 Å². The van der Waals surface area contributed by atoms with Crippen molar-refractivity contribution in [3.8, 4) is 11.5 Å². The maximum atomic E-state index is 9.74. The Morgan fingerprint density at radius 2 is 1.45 bits per heavy atom. The van der Waals surface area contributed by atoms with Gasteiger partial charge in [0.15, 0.2) is 0 Å². The molecule has 20 heavy (non-hydrogen) atoms. The molecule has 106 valence electrons. The van der Waals surface area contributed by atoms with E-state index in [1.165, 1.54) is 5.56 Å². The summed E-state index contributed by atoms with van der Waals surface area (Å²) in [6.45, 7) is 4.40. The van der Waals surface area contributed by atoms with Gasteiger partial charge in [-0.05, 0) is 41.3 Å². The molecule has 0 aromatic heterocycles. The minimum atomic E-state index is 0.248. The molecule has 0 saturated heterocycles. The molecule has 0 heterocycles. The first kappa shape index (κ1) is 14.4. The number of phenols is 2. The van der Waals surface area contributed by atoms with Gasteiger partial charge in [0.2, 0.25) is 0 Å². The van der Waals surface area contributed by atoms with Crippen molar-refractivity contribution in [1.29, 1.82) is 0 Å². The number of benzene rings is 2. The zero-order valence-corrected chi connectivity index (χ0v) is 12.1. The summed E-state index contributed by atoms with van der Waals surface area (Å²) < 4.78 is 0. The minimum Gasteiger partial charge on any atom is -0.508 e. The van der Waals surface area contributed by atoms with Gasteiger partial charge in [0, 0.05) is 5.92 Å². The minimum absolute atomic E-state index is 0.248. The number of hydrogen-bond donors (Lipinski definition) is 2. The second-order valence-electron chi connectivity index (χ2n) is 5.24. The summed E-state index contributed by atoms with van der Waals surface area (Å²) in [5.41, 5.74) is 2.31. The molecule has 0 amide bonds. The van der Waals surface area contributed by atoms with Crippen LogP contribution in [0.25, 0.3) is 0 Å². The van der Waals surface area contributed by atoms with Crippen molar-refractivity contribution >= 4 is 0 Å². The van der Waals surface area contributed by atoms with Gasteiger partial charge >= 0.3 is 0 Å². The topological polar surface area (TPSA) is 40.5 Å². The second-order valence-corrected chi connectivity index (χ2v) is 5.24. The van der Waals surface area contributed by atoms with Crippen LogP contribution < -0.4 is 0 Å². The fourth-order valence-electron chi connectivity index (χ4n) is 2.90. The van der Waals surface area contributed by atoms with Crippen molar-refractivity contribution in [2.45, 2.75) is 32.6 Å². The molecule has 0 fully saturated rings. The molecule has 2 nitrogen and oxygen atoms in total. The van der Waals surface area contributed by atoms with Gasteiger partial charge < -0.3 is 10.2 Å². The summed E-state index contributed by atoms with van der Waals surface area (Å²) >= 11 is 0. The van der Waals surface area contributed by atoms with E-state index in [1.54, 1.807) is 18.2 Å². The highest BCUT2D eigenvalue weighted by Crippen LogP contribution is 2.37. The van der Waals surface area contributed by atoms with Crippen molar-refractivity contribution in [3.05, 3.63) is 59.7 Å². The Morgan fingerprint density at radius 3 is 2.00 bits per heavy atom. The molecule has 0 aliphatic heterocycles. The van der Waals surface area contributed by atoms with E-state index in [4.69, 9.17) is 0 Å². The van der Waals surface area contributed by atoms with E-state index < -0.39 is 0 Å². The van der Waals surface area contributed by atoms with Crippen LogP contribution in [-0.2, 0) is 0 Å². The molecule has 0 spiro atoms. The summed E-state index contributed by atoms with van der Waals surface area (Å²) in [6, 6.07) is 14.9.